The van der Waals surface area contributed by atoms with Crippen molar-refractivity contribution in [2.75, 3.05) is 5.75 Å². The lowest BCUT2D eigenvalue weighted by atomic mass is 9.98. The topological polar surface area (TPSA) is 37.6 Å². The molecule has 34 heavy (non-hydrogen) atoms. The van der Waals surface area contributed by atoms with Crippen LogP contribution in [-0.2, 0) is 11.3 Å². The van der Waals surface area contributed by atoms with Crippen molar-refractivity contribution < 1.29 is 9.18 Å². The van der Waals surface area contributed by atoms with E-state index < -0.39 is 0 Å². The van der Waals surface area contributed by atoms with Gasteiger partial charge < -0.3 is 4.57 Å². The summed E-state index contributed by atoms with van der Waals surface area (Å²) in [5, 5.41) is 7.47. The molecule has 0 saturated carbocycles. The number of benzene rings is 3. The van der Waals surface area contributed by atoms with Gasteiger partial charge in [-0.3, -0.25) is 4.79 Å². The lowest BCUT2D eigenvalue weighted by molar-refractivity contribution is -0.130. The molecule has 0 N–H and O–H groups in total. The van der Waals surface area contributed by atoms with Gasteiger partial charge in [-0.05, 0) is 48.4 Å². The van der Waals surface area contributed by atoms with Gasteiger partial charge in [0.25, 0.3) is 5.91 Å². The number of para-hydroxylation sites is 1. The number of hydrazone groups is 1. The van der Waals surface area contributed by atoms with Crippen LogP contribution in [0.4, 0.5) is 4.39 Å². The Kier molecular flexibility index (Phi) is 6.57. The van der Waals surface area contributed by atoms with Crippen molar-refractivity contribution in [1.29, 1.82) is 0 Å². The standard InChI is InChI=1S/C27H23BrFN3OS/c1-2-31-16-26(22-5-3-4-6-24(22)31)34-17-27(33)32-25(19-9-13-21(29)14-10-19)15-23(30-32)18-7-11-20(28)12-8-18/h3-14,16,25H,2,15,17H2,1H3/t25-/m1/s1. The van der Waals surface area contributed by atoms with Gasteiger partial charge in [0.05, 0.1) is 17.5 Å². The second-order valence-corrected chi connectivity index (χ2v) is 10.1. The number of aryl methyl sites for hydroxylation is 1. The third-order valence-electron chi connectivity index (χ3n) is 6.04. The Balaban J connectivity index is 1.41. The van der Waals surface area contributed by atoms with Crippen LogP contribution in [0, 0.1) is 5.82 Å². The average molecular weight is 536 g/mol. The van der Waals surface area contributed by atoms with Crippen molar-refractivity contribution >= 4 is 50.2 Å². The van der Waals surface area contributed by atoms with Gasteiger partial charge in [0.15, 0.2) is 0 Å². The number of halogens is 2. The number of hydrogen-bond acceptors (Lipinski definition) is 3. The number of aromatic nitrogens is 1. The summed E-state index contributed by atoms with van der Waals surface area (Å²) in [5.74, 6) is -0.0942. The fourth-order valence-electron chi connectivity index (χ4n) is 4.30. The predicted molar refractivity (Wildman–Crippen MR) is 140 cm³/mol. The van der Waals surface area contributed by atoms with Crippen LogP contribution in [0.5, 0.6) is 0 Å². The summed E-state index contributed by atoms with van der Waals surface area (Å²) in [6.07, 6.45) is 2.69. The fraction of sp³-hybridized carbons (Fsp3) is 0.185. The van der Waals surface area contributed by atoms with E-state index in [0.29, 0.717) is 6.42 Å². The Hall–Kier alpha value is -2.90. The SMILES string of the molecule is CCn1cc(SCC(=O)N2N=C(c3ccc(Br)cc3)C[C@@H]2c2ccc(F)cc2)c2ccccc21. The number of carbonyl (C=O) groups is 1. The largest absolute Gasteiger partial charge is 0.347 e. The number of amides is 1. The number of hydrogen-bond donors (Lipinski definition) is 0. The zero-order valence-electron chi connectivity index (χ0n) is 18.6. The molecule has 1 aliphatic heterocycles. The molecule has 7 heteroatoms. The molecule has 0 fully saturated rings. The quantitative estimate of drug-likeness (QED) is 0.248. The monoisotopic (exact) mass is 535 g/mol. The predicted octanol–water partition coefficient (Wildman–Crippen LogP) is 7.03. The summed E-state index contributed by atoms with van der Waals surface area (Å²) in [7, 11) is 0. The number of rotatable bonds is 6. The highest BCUT2D eigenvalue weighted by Crippen LogP contribution is 2.35. The minimum absolute atomic E-state index is 0.0697. The van der Waals surface area contributed by atoms with E-state index in [0.717, 1.165) is 38.1 Å². The summed E-state index contributed by atoms with van der Waals surface area (Å²) >= 11 is 5.00. The van der Waals surface area contributed by atoms with Gasteiger partial charge in [0.2, 0.25) is 0 Å². The molecule has 2 heterocycles. The zero-order valence-corrected chi connectivity index (χ0v) is 21.0. The van der Waals surface area contributed by atoms with E-state index in [1.54, 1.807) is 17.1 Å². The molecule has 4 nitrogen and oxygen atoms in total. The van der Waals surface area contributed by atoms with Crippen LogP contribution < -0.4 is 0 Å². The second-order valence-electron chi connectivity index (χ2n) is 8.15. The highest BCUT2D eigenvalue weighted by molar-refractivity contribution is 9.10. The number of thioether (sulfide) groups is 1. The molecule has 4 aromatic rings. The maximum absolute atomic E-state index is 13.6. The Morgan fingerprint density at radius 3 is 2.56 bits per heavy atom. The van der Waals surface area contributed by atoms with Crippen LogP contribution in [0.1, 0.15) is 30.5 Å². The first-order valence-electron chi connectivity index (χ1n) is 11.1. The molecular formula is C27H23BrFN3OS. The number of fused-ring (bicyclic) bond motifs is 1. The van der Waals surface area contributed by atoms with Crippen molar-refractivity contribution in [1.82, 2.24) is 9.58 Å². The van der Waals surface area contributed by atoms with E-state index in [-0.39, 0.29) is 23.5 Å². The van der Waals surface area contributed by atoms with Crippen molar-refractivity contribution in [2.24, 2.45) is 5.10 Å². The number of nitrogens with zero attached hydrogens (tertiary/aromatic N) is 3. The van der Waals surface area contributed by atoms with Crippen molar-refractivity contribution in [2.45, 2.75) is 30.8 Å². The molecule has 0 aliphatic carbocycles. The summed E-state index contributed by atoms with van der Waals surface area (Å²) in [5.41, 5.74) is 3.87. The normalized spacial score (nSPS) is 15.7. The lowest BCUT2D eigenvalue weighted by Crippen LogP contribution is -2.28. The average Bonchev–Trinajstić information content (AvgIpc) is 3.46. The van der Waals surface area contributed by atoms with E-state index in [4.69, 9.17) is 5.10 Å². The molecule has 172 valence electrons. The Labute approximate surface area is 210 Å². The third kappa shape index (κ3) is 4.55. The molecule has 0 bridgehead atoms. The van der Waals surface area contributed by atoms with Crippen LogP contribution in [-0.4, -0.2) is 26.9 Å². The molecule has 0 unspecified atom stereocenters. The summed E-state index contributed by atoms with van der Waals surface area (Å²) in [6.45, 7) is 2.98. The maximum Gasteiger partial charge on any atom is 0.253 e. The van der Waals surface area contributed by atoms with Gasteiger partial charge in [-0.25, -0.2) is 9.40 Å². The third-order valence-corrected chi connectivity index (χ3v) is 7.60. The van der Waals surface area contributed by atoms with Gasteiger partial charge in [-0.1, -0.05) is 58.4 Å². The minimum atomic E-state index is -0.295. The van der Waals surface area contributed by atoms with Gasteiger partial charge in [-0.15, -0.1) is 11.8 Å². The van der Waals surface area contributed by atoms with Crippen LogP contribution in [0.15, 0.2) is 93.5 Å². The molecule has 0 spiro atoms. The maximum atomic E-state index is 13.6. The molecular weight excluding hydrogens is 513 g/mol. The molecule has 3 aromatic carbocycles. The highest BCUT2D eigenvalue weighted by Gasteiger charge is 2.33. The van der Waals surface area contributed by atoms with Crippen LogP contribution in [0.25, 0.3) is 10.9 Å². The van der Waals surface area contributed by atoms with E-state index in [1.807, 2.05) is 36.4 Å². The van der Waals surface area contributed by atoms with Crippen LogP contribution >= 0.6 is 27.7 Å². The van der Waals surface area contributed by atoms with Crippen molar-refractivity contribution in [3.8, 4) is 0 Å². The molecule has 1 aromatic heterocycles. The first-order valence-corrected chi connectivity index (χ1v) is 12.9. The van der Waals surface area contributed by atoms with Gasteiger partial charge in [-0.2, -0.15) is 5.10 Å². The molecule has 5 rings (SSSR count). The Morgan fingerprint density at radius 1 is 1.09 bits per heavy atom. The van der Waals surface area contributed by atoms with E-state index >= 15 is 0 Å². The first kappa shape index (κ1) is 22.9. The van der Waals surface area contributed by atoms with Crippen molar-refractivity contribution in [3.05, 3.63) is 100 Å². The Bertz CT molecular complexity index is 1370. The Morgan fingerprint density at radius 2 is 1.82 bits per heavy atom. The summed E-state index contributed by atoms with van der Waals surface area (Å²) < 4.78 is 16.7. The zero-order chi connectivity index (χ0) is 23.7. The van der Waals surface area contributed by atoms with E-state index in [1.165, 1.54) is 29.4 Å². The van der Waals surface area contributed by atoms with Gasteiger partial charge in [0, 0.05) is 39.4 Å². The minimum Gasteiger partial charge on any atom is -0.347 e. The number of carbonyl (C=O) groups excluding carboxylic acids is 1. The van der Waals surface area contributed by atoms with Crippen LogP contribution in [0.3, 0.4) is 0 Å². The molecule has 0 saturated heterocycles. The van der Waals surface area contributed by atoms with Gasteiger partial charge in [0.1, 0.15) is 5.82 Å². The second kappa shape index (κ2) is 9.76. The molecule has 0 radical (unpaired) electrons. The van der Waals surface area contributed by atoms with Crippen LogP contribution in [0.2, 0.25) is 0 Å². The molecule has 1 amide bonds. The summed E-state index contributed by atoms with van der Waals surface area (Å²) in [6, 6.07) is 22.3. The first-order chi connectivity index (χ1) is 16.5. The van der Waals surface area contributed by atoms with Crippen molar-refractivity contribution in [3.63, 3.8) is 0 Å². The molecule has 1 atom stereocenters. The smallest absolute Gasteiger partial charge is 0.253 e. The fourth-order valence-corrected chi connectivity index (χ4v) is 5.50. The highest BCUT2D eigenvalue weighted by atomic mass is 79.9. The summed E-state index contributed by atoms with van der Waals surface area (Å²) in [4.78, 5) is 14.5. The van der Waals surface area contributed by atoms with E-state index in [2.05, 4.69) is 45.8 Å². The van der Waals surface area contributed by atoms with Gasteiger partial charge >= 0.3 is 0 Å². The van der Waals surface area contributed by atoms with E-state index in [9.17, 15) is 9.18 Å². The molecule has 1 aliphatic rings. The lowest BCUT2D eigenvalue weighted by Gasteiger charge is -2.22.